The number of hydrogen-bond donors (Lipinski definition) is 2. The van der Waals surface area contributed by atoms with Crippen molar-refractivity contribution in [2.24, 2.45) is 5.92 Å². The van der Waals surface area contributed by atoms with Gasteiger partial charge in [-0.05, 0) is 25.7 Å². The lowest BCUT2D eigenvalue weighted by molar-refractivity contribution is -0.143. The van der Waals surface area contributed by atoms with Crippen molar-refractivity contribution in [1.82, 2.24) is 15.2 Å². The number of nitrogens with one attached hydrogen (secondary N) is 1. The summed E-state index contributed by atoms with van der Waals surface area (Å²) in [6.07, 6.45) is 2.88. The molecule has 1 aliphatic heterocycles. The minimum Gasteiger partial charge on any atom is -0.480 e. The lowest BCUT2D eigenvalue weighted by atomic mass is 9.93. The van der Waals surface area contributed by atoms with Crippen molar-refractivity contribution in [2.45, 2.75) is 39.3 Å². The van der Waals surface area contributed by atoms with Crippen molar-refractivity contribution >= 4 is 12.0 Å². The first-order chi connectivity index (χ1) is 9.47. The molecule has 2 atom stereocenters. The highest BCUT2D eigenvalue weighted by Crippen LogP contribution is 2.22. The van der Waals surface area contributed by atoms with Gasteiger partial charge < -0.3 is 19.7 Å². The number of hydrogen-bond acceptors (Lipinski definition) is 4. The molecule has 1 fully saturated rings. The van der Waals surface area contributed by atoms with Gasteiger partial charge in [-0.2, -0.15) is 0 Å². The predicted molar refractivity (Wildman–Crippen MR) is 70.0 cm³/mol. The van der Waals surface area contributed by atoms with E-state index in [9.17, 15) is 14.7 Å². The summed E-state index contributed by atoms with van der Waals surface area (Å²) in [7, 11) is 0. The third-order valence-electron chi connectivity index (χ3n) is 3.47. The van der Waals surface area contributed by atoms with Gasteiger partial charge in [0.15, 0.2) is 0 Å². The van der Waals surface area contributed by atoms with E-state index < -0.39 is 12.0 Å². The highest BCUT2D eigenvalue weighted by molar-refractivity contribution is 5.82. The maximum Gasteiger partial charge on any atom is 0.326 e. The molecular formula is C13H19N3O4. The van der Waals surface area contributed by atoms with Crippen LogP contribution in [0.25, 0.3) is 0 Å². The van der Waals surface area contributed by atoms with Gasteiger partial charge in [0.05, 0.1) is 12.7 Å². The van der Waals surface area contributed by atoms with Crippen LogP contribution in [0.2, 0.25) is 0 Å². The molecule has 1 aromatic heterocycles. The van der Waals surface area contributed by atoms with E-state index in [2.05, 4.69) is 10.3 Å². The molecule has 7 nitrogen and oxygen atoms in total. The molecule has 20 heavy (non-hydrogen) atoms. The molecule has 0 spiro atoms. The number of rotatable bonds is 3. The first kappa shape index (κ1) is 14.4. The Labute approximate surface area is 117 Å². The van der Waals surface area contributed by atoms with Crippen molar-refractivity contribution in [1.29, 1.82) is 0 Å². The summed E-state index contributed by atoms with van der Waals surface area (Å²) >= 11 is 0. The van der Waals surface area contributed by atoms with Crippen LogP contribution in [0.15, 0.2) is 10.6 Å². The molecule has 2 unspecified atom stereocenters. The number of carboxylic acids is 1. The predicted octanol–water partition coefficient (Wildman–Crippen LogP) is 1.38. The van der Waals surface area contributed by atoms with Crippen LogP contribution < -0.4 is 5.32 Å². The lowest BCUT2D eigenvalue weighted by Crippen LogP contribution is -2.53. The van der Waals surface area contributed by atoms with Gasteiger partial charge in [0.1, 0.15) is 11.8 Å². The maximum absolute atomic E-state index is 12.1. The quantitative estimate of drug-likeness (QED) is 0.872. The third kappa shape index (κ3) is 3.28. The normalized spacial score (nSPS) is 22.6. The van der Waals surface area contributed by atoms with Crippen molar-refractivity contribution in [3.05, 3.63) is 17.8 Å². The molecule has 110 valence electrons. The van der Waals surface area contributed by atoms with Crippen molar-refractivity contribution in [3.63, 3.8) is 0 Å². The number of aliphatic carboxylic acids is 1. The highest BCUT2D eigenvalue weighted by Gasteiger charge is 2.34. The van der Waals surface area contributed by atoms with Gasteiger partial charge in [-0.1, -0.05) is 6.92 Å². The van der Waals surface area contributed by atoms with Gasteiger partial charge in [0.25, 0.3) is 0 Å². The van der Waals surface area contributed by atoms with E-state index in [1.165, 1.54) is 4.90 Å². The van der Waals surface area contributed by atoms with Crippen LogP contribution in [0.5, 0.6) is 0 Å². The van der Waals surface area contributed by atoms with Gasteiger partial charge in [-0.3, -0.25) is 0 Å². The Morgan fingerprint density at radius 1 is 1.60 bits per heavy atom. The first-order valence-corrected chi connectivity index (χ1v) is 6.66. The zero-order valence-electron chi connectivity index (χ0n) is 11.6. The van der Waals surface area contributed by atoms with Crippen LogP contribution in [-0.2, 0) is 11.3 Å². The molecule has 1 aliphatic rings. The van der Waals surface area contributed by atoms with Crippen LogP contribution >= 0.6 is 0 Å². The molecule has 0 radical (unpaired) electrons. The zero-order chi connectivity index (χ0) is 14.7. The number of carbonyl (C=O) groups is 2. The molecule has 2 heterocycles. The van der Waals surface area contributed by atoms with E-state index in [1.54, 1.807) is 13.1 Å². The van der Waals surface area contributed by atoms with E-state index >= 15 is 0 Å². The number of aromatic nitrogens is 1. The second kappa shape index (κ2) is 5.94. The fourth-order valence-electron chi connectivity index (χ4n) is 2.35. The molecule has 0 aromatic carbocycles. The van der Waals surface area contributed by atoms with E-state index in [4.69, 9.17) is 4.42 Å². The molecule has 1 saturated heterocycles. The van der Waals surface area contributed by atoms with Crippen LogP contribution in [-0.4, -0.2) is 39.6 Å². The number of aryl methyl sites for hydroxylation is 1. The Hall–Kier alpha value is -2.05. The number of urea groups is 1. The van der Waals surface area contributed by atoms with Crippen molar-refractivity contribution in [2.75, 3.05) is 6.54 Å². The topological polar surface area (TPSA) is 95.7 Å². The third-order valence-corrected chi connectivity index (χ3v) is 3.47. The molecule has 1 aromatic rings. The number of piperidine rings is 1. The lowest BCUT2D eigenvalue weighted by Gasteiger charge is -2.35. The molecular weight excluding hydrogens is 262 g/mol. The van der Waals surface area contributed by atoms with Gasteiger partial charge in [-0.15, -0.1) is 0 Å². The number of likely N-dealkylation sites (tertiary alicyclic amines) is 1. The van der Waals surface area contributed by atoms with E-state index in [0.29, 0.717) is 30.5 Å². The molecule has 0 aliphatic carbocycles. The Bertz CT molecular complexity index is 500. The Kier molecular flexibility index (Phi) is 4.26. The van der Waals surface area contributed by atoms with Gasteiger partial charge in [-0.25, -0.2) is 14.6 Å². The molecule has 0 saturated carbocycles. The number of carbonyl (C=O) groups excluding carboxylic acids is 1. The summed E-state index contributed by atoms with van der Waals surface area (Å²) in [5, 5.41) is 11.9. The van der Waals surface area contributed by atoms with Crippen LogP contribution in [0.3, 0.4) is 0 Å². The standard InChI is InChI=1S/C13H19N3O4/c1-8-3-4-16(10(5-8)12(17)18)13(19)15-7-11-14-6-9(2)20-11/h6,8,10H,3-5,7H2,1-2H3,(H,15,19)(H,17,18). The van der Waals surface area contributed by atoms with Gasteiger partial charge >= 0.3 is 12.0 Å². The molecule has 2 amide bonds. The van der Waals surface area contributed by atoms with Crippen molar-refractivity contribution in [3.8, 4) is 0 Å². The minimum absolute atomic E-state index is 0.158. The Morgan fingerprint density at radius 3 is 2.95 bits per heavy atom. The van der Waals surface area contributed by atoms with Crippen LogP contribution in [0.1, 0.15) is 31.4 Å². The first-order valence-electron chi connectivity index (χ1n) is 6.66. The van der Waals surface area contributed by atoms with Crippen molar-refractivity contribution < 1.29 is 19.1 Å². The SMILES string of the molecule is Cc1cnc(CNC(=O)N2CCC(C)CC2C(=O)O)o1. The largest absolute Gasteiger partial charge is 0.480 e. The zero-order valence-corrected chi connectivity index (χ0v) is 11.6. The highest BCUT2D eigenvalue weighted by atomic mass is 16.4. The number of carboxylic acid groups (broad SMARTS) is 1. The fraction of sp³-hybridized carbons (Fsp3) is 0.615. The monoisotopic (exact) mass is 281 g/mol. The van der Waals surface area contributed by atoms with E-state index in [-0.39, 0.29) is 12.6 Å². The summed E-state index contributed by atoms with van der Waals surface area (Å²) in [4.78, 5) is 28.7. The second-order valence-electron chi connectivity index (χ2n) is 5.20. The molecule has 0 bridgehead atoms. The number of nitrogens with zero attached hydrogens (tertiary/aromatic N) is 2. The van der Waals surface area contributed by atoms with Crippen LogP contribution in [0, 0.1) is 12.8 Å². The summed E-state index contributed by atoms with van der Waals surface area (Å²) in [6.45, 7) is 4.38. The summed E-state index contributed by atoms with van der Waals surface area (Å²) in [6, 6.07) is -1.15. The van der Waals surface area contributed by atoms with E-state index in [0.717, 1.165) is 6.42 Å². The molecule has 7 heteroatoms. The average molecular weight is 281 g/mol. The fourth-order valence-corrected chi connectivity index (χ4v) is 2.35. The minimum atomic E-state index is -0.960. The van der Waals surface area contributed by atoms with Gasteiger partial charge in [0.2, 0.25) is 5.89 Å². The second-order valence-corrected chi connectivity index (χ2v) is 5.20. The van der Waals surface area contributed by atoms with Gasteiger partial charge in [0, 0.05) is 6.54 Å². The summed E-state index contributed by atoms with van der Waals surface area (Å²) in [5.41, 5.74) is 0. The maximum atomic E-state index is 12.1. The Balaban J connectivity index is 1.94. The number of amides is 2. The summed E-state index contributed by atoms with van der Waals surface area (Å²) < 4.78 is 5.25. The van der Waals surface area contributed by atoms with Crippen LogP contribution in [0.4, 0.5) is 4.79 Å². The van der Waals surface area contributed by atoms with E-state index in [1.807, 2.05) is 6.92 Å². The Morgan fingerprint density at radius 2 is 2.35 bits per heavy atom. The number of oxazole rings is 1. The average Bonchev–Trinajstić information content (AvgIpc) is 2.81. The smallest absolute Gasteiger partial charge is 0.326 e. The molecule has 2 N–H and O–H groups in total. The summed E-state index contributed by atoms with van der Waals surface area (Å²) in [5.74, 6) is 0.436. The molecule has 2 rings (SSSR count).